The van der Waals surface area contributed by atoms with Crippen LogP contribution in [-0.2, 0) is 22.6 Å². The summed E-state index contributed by atoms with van der Waals surface area (Å²) in [5, 5.41) is 14.4. The Bertz CT molecular complexity index is 1260. The maximum atomic E-state index is 13.1. The first-order valence-corrected chi connectivity index (χ1v) is 11.9. The molecule has 4 rings (SSSR count). The van der Waals surface area contributed by atoms with E-state index in [4.69, 9.17) is 5.11 Å². The highest BCUT2D eigenvalue weighted by Crippen LogP contribution is 2.29. The molecule has 1 saturated carbocycles. The van der Waals surface area contributed by atoms with E-state index in [1.807, 2.05) is 72.5 Å². The number of carboxylic acid groups (broad SMARTS) is 1. The highest BCUT2D eigenvalue weighted by molar-refractivity contribution is 6.00. The van der Waals surface area contributed by atoms with Gasteiger partial charge in [0.05, 0.1) is 6.42 Å². The molecule has 0 saturated heterocycles. The number of nitrogens with zero attached hydrogens (tertiary/aromatic N) is 1. The predicted molar refractivity (Wildman–Crippen MR) is 141 cm³/mol. The Morgan fingerprint density at radius 2 is 1.58 bits per heavy atom. The number of anilines is 2. The molecule has 0 spiro atoms. The van der Waals surface area contributed by atoms with Crippen molar-refractivity contribution < 1.29 is 19.5 Å². The number of hydrogen-bond donors (Lipinski definition) is 3. The quantitative estimate of drug-likeness (QED) is 0.352. The molecular weight excluding hydrogens is 454 g/mol. The molecular formula is C29H29N3O4. The molecule has 1 aliphatic rings. The number of benzene rings is 3. The van der Waals surface area contributed by atoms with Crippen molar-refractivity contribution in [1.29, 1.82) is 0 Å². The van der Waals surface area contributed by atoms with Gasteiger partial charge in [0, 0.05) is 30.0 Å². The van der Waals surface area contributed by atoms with Gasteiger partial charge in [-0.05, 0) is 66.3 Å². The molecule has 184 valence electrons. The fourth-order valence-corrected chi connectivity index (χ4v) is 3.89. The normalized spacial score (nSPS) is 12.8. The van der Waals surface area contributed by atoms with Crippen molar-refractivity contribution in [3.05, 3.63) is 101 Å². The van der Waals surface area contributed by atoms with E-state index in [0.717, 1.165) is 46.9 Å². The van der Waals surface area contributed by atoms with Crippen LogP contribution in [0.2, 0.25) is 0 Å². The standard InChI is InChI=1S/C29H29N3O4/c1-20-4-2-3-5-26(20)31-29(36)30-24-13-10-22(11-14-24)18-27(33)32(25-15-16-25)19-23-8-6-21(7-9-23)12-17-28(34)35/h2-14,17,25H,15-16,18-19H2,1H3,(H,34,35)(H2,30,31,36)/b17-12+. The monoisotopic (exact) mass is 483 g/mol. The van der Waals surface area contributed by atoms with Crippen LogP contribution in [0.25, 0.3) is 6.08 Å². The van der Waals surface area contributed by atoms with Gasteiger partial charge in [0.25, 0.3) is 0 Å². The molecule has 0 heterocycles. The third-order valence-corrected chi connectivity index (χ3v) is 6.02. The van der Waals surface area contributed by atoms with E-state index in [1.54, 1.807) is 18.2 Å². The van der Waals surface area contributed by atoms with Crippen molar-refractivity contribution in [3.63, 3.8) is 0 Å². The fraction of sp³-hybridized carbons (Fsp3) is 0.207. The van der Waals surface area contributed by atoms with E-state index in [0.29, 0.717) is 12.2 Å². The van der Waals surface area contributed by atoms with E-state index in [2.05, 4.69) is 10.6 Å². The Hall–Kier alpha value is -4.39. The molecule has 3 aromatic rings. The summed E-state index contributed by atoms with van der Waals surface area (Å²) < 4.78 is 0. The number of carbonyl (C=O) groups excluding carboxylic acids is 2. The van der Waals surface area contributed by atoms with Crippen molar-refractivity contribution in [2.75, 3.05) is 10.6 Å². The molecule has 0 bridgehead atoms. The summed E-state index contributed by atoms with van der Waals surface area (Å²) >= 11 is 0. The maximum Gasteiger partial charge on any atom is 0.328 e. The number of aliphatic carboxylic acids is 1. The molecule has 3 N–H and O–H groups in total. The number of aryl methyl sites for hydroxylation is 1. The van der Waals surface area contributed by atoms with Crippen LogP contribution >= 0.6 is 0 Å². The van der Waals surface area contributed by atoms with Crippen molar-refractivity contribution >= 4 is 35.4 Å². The van der Waals surface area contributed by atoms with Gasteiger partial charge in [-0.3, -0.25) is 4.79 Å². The minimum atomic E-state index is -0.987. The molecule has 36 heavy (non-hydrogen) atoms. The average molecular weight is 484 g/mol. The molecule has 1 fully saturated rings. The molecule has 7 nitrogen and oxygen atoms in total. The zero-order valence-corrected chi connectivity index (χ0v) is 20.1. The van der Waals surface area contributed by atoms with Gasteiger partial charge >= 0.3 is 12.0 Å². The maximum absolute atomic E-state index is 13.1. The van der Waals surface area contributed by atoms with Crippen LogP contribution in [0.4, 0.5) is 16.2 Å². The van der Waals surface area contributed by atoms with Crippen LogP contribution in [0.5, 0.6) is 0 Å². The van der Waals surface area contributed by atoms with E-state index in [1.165, 1.54) is 0 Å². The molecule has 7 heteroatoms. The van der Waals surface area contributed by atoms with Crippen LogP contribution in [0.3, 0.4) is 0 Å². The van der Waals surface area contributed by atoms with Gasteiger partial charge in [-0.25, -0.2) is 9.59 Å². The smallest absolute Gasteiger partial charge is 0.328 e. The zero-order chi connectivity index (χ0) is 25.5. The summed E-state index contributed by atoms with van der Waals surface area (Å²) in [6.07, 6.45) is 4.94. The van der Waals surface area contributed by atoms with Crippen LogP contribution < -0.4 is 10.6 Å². The third-order valence-electron chi connectivity index (χ3n) is 6.02. The topological polar surface area (TPSA) is 98.7 Å². The first-order chi connectivity index (χ1) is 17.4. The molecule has 0 aromatic heterocycles. The zero-order valence-electron chi connectivity index (χ0n) is 20.1. The molecule has 3 aromatic carbocycles. The van der Waals surface area contributed by atoms with E-state index in [-0.39, 0.29) is 24.4 Å². The number of nitrogens with one attached hydrogen (secondary N) is 2. The van der Waals surface area contributed by atoms with Crippen LogP contribution in [-0.4, -0.2) is 34.0 Å². The lowest BCUT2D eigenvalue weighted by Crippen LogP contribution is -2.33. The van der Waals surface area contributed by atoms with Crippen molar-refractivity contribution in [2.45, 2.75) is 38.8 Å². The van der Waals surface area contributed by atoms with Crippen LogP contribution in [0.15, 0.2) is 78.9 Å². The number of para-hydroxylation sites is 1. The van der Waals surface area contributed by atoms with Gasteiger partial charge in [-0.15, -0.1) is 0 Å². The molecule has 1 aliphatic carbocycles. The second kappa shape index (κ2) is 11.4. The molecule has 0 atom stereocenters. The summed E-state index contributed by atoms with van der Waals surface area (Å²) in [4.78, 5) is 38.0. The Labute approximate surface area is 210 Å². The fourth-order valence-electron chi connectivity index (χ4n) is 3.89. The Balaban J connectivity index is 1.33. The predicted octanol–water partition coefficient (Wildman–Crippen LogP) is 5.47. The van der Waals surface area contributed by atoms with Gasteiger partial charge in [0.1, 0.15) is 0 Å². The number of urea groups is 1. The average Bonchev–Trinajstić information content (AvgIpc) is 3.70. The first kappa shape index (κ1) is 24.7. The third kappa shape index (κ3) is 7.06. The summed E-state index contributed by atoms with van der Waals surface area (Å²) in [7, 11) is 0. The second-order valence-electron chi connectivity index (χ2n) is 8.93. The van der Waals surface area contributed by atoms with Crippen molar-refractivity contribution in [2.24, 2.45) is 0 Å². The molecule has 0 radical (unpaired) electrons. The summed E-state index contributed by atoms with van der Waals surface area (Å²) in [6, 6.07) is 22.4. The number of amides is 3. The highest BCUT2D eigenvalue weighted by Gasteiger charge is 2.32. The summed E-state index contributed by atoms with van der Waals surface area (Å²) in [5.41, 5.74) is 5.06. The number of hydrogen-bond acceptors (Lipinski definition) is 3. The lowest BCUT2D eigenvalue weighted by Gasteiger charge is -2.23. The minimum Gasteiger partial charge on any atom is -0.478 e. The van der Waals surface area contributed by atoms with Gasteiger partial charge in [-0.1, -0.05) is 54.6 Å². The van der Waals surface area contributed by atoms with Crippen LogP contribution in [0.1, 0.15) is 35.1 Å². The van der Waals surface area contributed by atoms with E-state index < -0.39 is 5.97 Å². The Morgan fingerprint density at radius 1 is 0.917 bits per heavy atom. The lowest BCUT2D eigenvalue weighted by molar-refractivity contribution is -0.132. The SMILES string of the molecule is Cc1ccccc1NC(=O)Nc1ccc(CC(=O)N(Cc2ccc(/C=C/C(=O)O)cc2)C2CC2)cc1. The largest absolute Gasteiger partial charge is 0.478 e. The lowest BCUT2D eigenvalue weighted by atomic mass is 10.1. The molecule has 0 unspecified atom stereocenters. The van der Waals surface area contributed by atoms with Crippen LogP contribution in [0, 0.1) is 6.92 Å². The Kier molecular flexibility index (Phi) is 7.80. The first-order valence-electron chi connectivity index (χ1n) is 11.9. The summed E-state index contributed by atoms with van der Waals surface area (Å²) in [6.45, 7) is 2.45. The van der Waals surface area contributed by atoms with Gasteiger partial charge < -0.3 is 20.6 Å². The summed E-state index contributed by atoms with van der Waals surface area (Å²) in [5.74, 6) is -0.927. The Morgan fingerprint density at radius 3 is 2.22 bits per heavy atom. The van der Waals surface area contributed by atoms with Gasteiger partial charge in [0.2, 0.25) is 5.91 Å². The highest BCUT2D eigenvalue weighted by atomic mass is 16.4. The van der Waals surface area contributed by atoms with E-state index >= 15 is 0 Å². The molecule has 0 aliphatic heterocycles. The molecule has 3 amide bonds. The van der Waals surface area contributed by atoms with Crippen molar-refractivity contribution in [3.8, 4) is 0 Å². The number of carbonyl (C=O) groups is 3. The van der Waals surface area contributed by atoms with E-state index in [9.17, 15) is 14.4 Å². The van der Waals surface area contributed by atoms with Gasteiger partial charge in [-0.2, -0.15) is 0 Å². The number of rotatable bonds is 9. The number of carboxylic acids is 1. The van der Waals surface area contributed by atoms with Crippen molar-refractivity contribution in [1.82, 2.24) is 4.90 Å². The second-order valence-corrected chi connectivity index (χ2v) is 8.93. The minimum absolute atomic E-state index is 0.0605. The van der Waals surface area contributed by atoms with Gasteiger partial charge in [0.15, 0.2) is 0 Å².